The first kappa shape index (κ1) is 18.5. The van der Waals surface area contributed by atoms with Crippen LogP contribution in [0.15, 0.2) is 29.3 Å². The Labute approximate surface area is 145 Å². The highest BCUT2D eigenvalue weighted by atomic mass is 16.5. The average molecular weight is 334 g/mol. The van der Waals surface area contributed by atoms with Gasteiger partial charge in [0.25, 0.3) is 0 Å². The molecule has 1 fully saturated rings. The van der Waals surface area contributed by atoms with Crippen molar-refractivity contribution in [3.8, 4) is 5.75 Å². The van der Waals surface area contributed by atoms with Crippen LogP contribution >= 0.6 is 0 Å². The molecule has 1 aliphatic heterocycles. The Bertz CT molecular complexity index is 515. The summed E-state index contributed by atoms with van der Waals surface area (Å²) in [6.07, 6.45) is 0.0598. The van der Waals surface area contributed by atoms with Crippen molar-refractivity contribution in [2.75, 3.05) is 53.0 Å². The first-order valence-electron chi connectivity index (χ1n) is 8.65. The highest BCUT2D eigenvalue weighted by molar-refractivity contribution is 5.79. The monoisotopic (exact) mass is 334 g/mol. The number of aryl methyl sites for hydroxylation is 1. The van der Waals surface area contributed by atoms with Crippen LogP contribution in [-0.4, -0.2) is 69.9 Å². The third-order valence-electron chi connectivity index (χ3n) is 3.93. The van der Waals surface area contributed by atoms with Crippen molar-refractivity contribution in [1.29, 1.82) is 0 Å². The van der Waals surface area contributed by atoms with E-state index in [0.717, 1.165) is 51.1 Å². The second-order valence-electron chi connectivity index (χ2n) is 6.08. The third kappa shape index (κ3) is 6.76. The molecule has 1 aromatic carbocycles. The number of guanidine groups is 1. The summed E-state index contributed by atoms with van der Waals surface area (Å²) in [5.74, 6) is 1.71. The fourth-order valence-corrected chi connectivity index (χ4v) is 2.58. The standard InChI is InChI=1S/C18H30N4O2/c1-15-5-4-6-17(13-15)24-16(2)14-21-18(19-3)20-7-8-22-9-11-23-12-10-22/h4-6,13,16H,7-12,14H2,1-3H3,(H2,19,20,21). The van der Waals surface area contributed by atoms with Gasteiger partial charge >= 0.3 is 0 Å². The summed E-state index contributed by atoms with van der Waals surface area (Å²) in [5.41, 5.74) is 1.20. The molecule has 1 saturated heterocycles. The zero-order valence-corrected chi connectivity index (χ0v) is 15.0. The van der Waals surface area contributed by atoms with Crippen LogP contribution in [0.25, 0.3) is 0 Å². The number of aliphatic imine (C=N–C) groups is 1. The second-order valence-corrected chi connectivity index (χ2v) is 6.08. The minimum Gasteiger partial charge on any atom is -0.489 e. The summed E-state index contributed by atoms with van der Waals surface area (Å²) in [7, 11) is 1.79. The van der Waals surface area contributed by atoms with Crippen molar-refractivity contribution < 1.29 is 9.47 Å². The SMILES string of the molecule is CN=C(NCCN1CCOCC1)NCC(C)Oc1cccc(C)c1. The second kappa shape index (κ2) is 10.2. The molecule has 24 heavy (non-hydrogen) atoms. The minimum absolute atomic E-state index is 0.0598. The molecule has 0 aromatic heterocycles. The molecule has 6 heteroatoms. The van der Waals surface area contributed by atoms with Crippen molar-refractivity contribution in [3.63, 3.8) is 0 Å². The number of hydrogen-bond donors (Lipinski definition) is 2. The zero-order chi connectivity index (χ0) is 17.2. The van der Waals surface area contributed by atoms with Gasteiger partial charge in [0.05, 0.1) is 19.8 Å². The number of nitrogens with zero attached hydrogens (tertiary/aromatic N) is 2. The first-order chi connectivity index (χ1) is 11.7. The van der Waals surface area contributed by atoms with E-state index in [-0.39, 0.29) is 6.10 Å². The summed E-state index contributed by atoms with van der Waals surface area (Å²) < 4.78 is 11.3. The highest BCUT2D eigenvalue weighted by Gasteiger charge is 2.10. The highest BCUT2D eigenvalue weighted by Crippen LogP contribution is 2.13. The predicted molar refractivity (Wildman–Crippen MR) is 97.9 cm³/mol. The Balaban J connectivity index is 1.65. The van der Waals surface area contributed by atoms with Crippen LogP contribution in [0.2, 0.25) is 0 Å². The molecule has 1 aromatic rings. The summed E-state index contributed by atoms with van der Waals surface area (Å²) in [6, 6.07) is 8.11. The van der Waals surface area contributed by atoms with E-state index in [9.17, 15) is 0 Å². The summed E-state index contributed by atoms with van der Waals surface area (Å²) in [4.78, 5) is 6.66. The fourth-order valence-electron chi connectivity index (χ4n) is 2.58. The Morgan fingerprint density at radius 3 is 2.83 bits per heavy atom. The van der Waals surface area contributed by atoms with E-state index >= 15 is 0 Å². The van der Waals surface area contributed by atoms with Crippen molar-refractivity contribution in [3.05, 3.63) is 29.8 Å². The average Bonchev–Trinajstić information content (AvgIpc) is 2.59. The molecule has 1 unspecified atom stereocenters. The van der Waals surface area contributed by atoms with E-state index in [2.05, 4.69) is 40.4 Å². The maximum absolute atomic E-state index is 5.92. The Morgan fingerprint density at radius 2 is 2.12 bits per heavy atom. The van der Waals surface area contributed by atoms with E-state index in [1.54, 1.807) is 7.05 Å². The molecule has 1 atom stereocenters. The molecule has 0 radical (unpaired) electrons. The van der Waals surface area contributed by atoms with Crippen LogP contribution in [0.4, 0.5) is 0 Å². The number of benzene rings is 1. The number of hydrogen-bond acceptors (Lipinski definition) is 4. The van der Waals surface area contributed by atoms with Gasteiger partial charge in [0, 0.05) is 33.2 Å². The largest absolute Gasteiger partial charge is 0.489 e. The van der Waals surface area contributed by atoms with E-state index < -0.39 is 0 Å². The minimum atomic E-state index is 0.0598. The van der Waals surface area contributed by atoms with E-state index in [0.29, 0.717) is 6.54 Å². The molecule has 1 heterocycles. The Kier molecular flexibility index (Phi) is 7.85. The lowest BCUT2D eigenvalue weighted by atomic mass is 10.2. The fraction of sp³-hybridized carbons (Fsp3) is 0.611. The predicted octanol–water partition coefficient (Wildman–Crippen LogP) is 1.26. The molecule has 2 N–H and O–H groups in total. The molecule has 0 spiro atoms. The van der Waals surface area contributed by atoms with Crippen LogP contribution in [0.3, 0.4) is 0 Å². The quantitative estimate of drug-likeness (QED) is 0.581. The Morgan fingerprint density at radius 1 is 1.33 bits per heavy atom. The molecule has 0 amide bonds. The molecular weight excluding hydrogens is 304 g/mol. The normalized spacial score (nSPS) is 17.4. The number of nitrogens with one attached hydrogen (secondary N) is 2. The molecule has 2 rings (SSSR count). The topological polar surface area (TPSA) is 58.1 Å². The van der Waals surface area contributed by atoms with Crippen LogP contribution in [0.5, 0.6) is 5.75 Å². The lowest BCUT2D eigenvalue weighted by Gasteiger charge is -2.26. The van der Waals surface area contributed by atoms with Gasteiger partial charge < -0.3 is 20.1 Å². The molecular formula is C18H30N4O2. The molecule has 0 aliphatic carbocycles. The molecule has 0 saturated carbocycles. The third-order valence-corrected chi connectivity index (χ3v) is 3.93. The van der Waals surface area contributed by atoms with Gasteiger partial charge in [-0.1, -0.05) is 12.1 Å². The van der Waals surface area contributed by atoms with Gasteiger partial charge in [-0.3, -0.25) is 9.89 Å². The zero-order valence-electron chi connectivity index (χ0n) is 15.0. The number of morpholine rings is 1. The van der Waals surface area contributed by atoms with Crippen molar-refractivity contribution in [1.82, 2.24) is 15.5 Å². The van der Waals surface area contributed by atoms with Crippen LogP contribution < -0.4 is 15.4 Å². The van der Waals surface area contributed by atoms with Crippen molar-refractivity contribution >= 4 is 5.96 Å². The Hall–Kier alpha value is -1.79. The van der Waals surface area contributed by atoms with Gasteiger partial charge in [0.1, 0.15) is 11.9 Å². The number of rotatable bonds is 7. The molecule has 134 valence electrons. The van der Waals surface area contributed by atoms with Crippen LogP contribution in [-0.2, 0) is 4.74 Å². The lowest BCUT2D eigenvalue weighted by Crippen LogP contribution is -2.46. The maximum atomic E-state index is 5.92. The van der Waals surface area contributed by atoms with Crippen molar-refractivity contribution in [2.24, 2.45) is 4.99 Å². The molecule has 0 bridgehead atoms. The van der Waals surface area contributed by atoms with Crippen LogP contribution in [0.1, 0.15) is 12.5 Å². The van der Waals surface area contributed by atoms with Gasteiger partial charge in [-0.15, -0.1) is 0 Å². The molecule has 6 nitrogen and oxygen atoms in total. The maximum Gasteiger partial charge on any atom is 0.191 e. The number of ether oxygens (including phenoxy) is 2. The van der Waals surface area contributed by atoms with E-state index in [4.69, 9.17) is 9.47 Å². The van der Waals surface area contributed by atoms with E-state index in [1.165, 1.54) is 5.56 Å². The summed E-state index contributed by atoms with van der Waals surface area (Å²) in [5, 5.41) is 6.66. The first-order valence-corrected chi connectivity index (χ1v) is 8.65. The van der Waals surface area contributed by atoms with Gasteiger partial charge in [-0.25, -0.2) is 0 Å². The molecule has 1 aliphatic rings. The van der Waals surface area contributed by atoms with Gasteiger partial charge in [-0.2, -0.15) is 0 Å². The summed E-state index contributed by atoms with van der Waals surface area (Å²) >= 11 is 0. The smallest absolute Gasteiger partial charge is 0.191 e. The van der Waals surface area contributed by atoms with Crippen LogP contribution in [0, 0.1) is 6.92 Å². The van der Waals surface area contributed by atoms with Crippen molar-refractivity contribution in [2.45, 2.75) is 20.0 Å². The van der Waals surface area contributed by atoms with E-state index in [1.807, 2.05) is 18.2 Å². The van der Waals surface area contributed by atoms with Gasteiger partial charge in [-0.05, 0) is 31.5 Å². The summed E-state index contributed by atoms with van der Waals surface area (Å²) in [6.45, 7) is 10.4. The lowest BCUT2D eigenvalue weighted by molar-refractivity contribution is 0.0389. The van der Waals surface area contributed by atoms with Gasteiger partial charge in [0.15, 0.2) is 5.96 Å². The van der Waals surface area contributed by atoms with Gasteiger partial charge in [0.2, 0.25) is 0 Å².